The number of hydrogen-bond acceptors (Lipinski definition) is 2. The maximum Gasteiger partial charge on any atom is 0.265 e. The van der Waals surface area contributed by atoms with E-state index in [1.54, 1.807) is 0 Å². The zero-order chi connectivity index (χ0) is 19.8. The van der Waals surface area contributed by atoms with E-state index in [1.165, 1.54) is 109 Å². The summed E-state index contributed by atoms with van der Waals surface area (Å²) in [5, 5.41) is 0. The van der Waals surface area contributed by atoms with Gasteiger partial charge >= 0.3 is 0 Å². The van der Waals surface area contributed by atoms with Crippen LogP contribution < -0.4 is 0 Å². The van der Waals surface area contributed by atoms with Crippen LogP contribution in [0.4, 0.5) is 0 Å². The summed E-state index contributed by atoms with van der Waals surface area (Å²) < 4.78 is 33.3. The summed E-state index contributed by atoms with van der Waals surface area (Å²) in [6, 6.07) is 0. The molecule has 3 fully saturated rings. The third-order valence-corrected chi connectivity index (χ3v) is 9.18. The van der Waals surface area contributed by atoms with Crippen molar-refractivity contribution < 1.29 is 13.0 Å². The molecule has 0 radical (unpaired) electrons. The van der Waals surface area contributed by atoms with Crippen molar-refractivity contribution in [3.05, 3.63) is 0 Å². The van der Waals surface area contributed by atoms with Gasteiger partial charge in [0.15, 0.2) is 0 Å². The molecule has 1 N–H and O–H groups in total. The smallest absolute Gasteiger partial charge is 0.265 e. The zero-order valence-electron chi connectivity index (χ0n) is 18.0. The molecule has 3 aliphatic carbocycles. The molecule has 0 aliphatic heterocycles. The largest absolute Gasteiger partial charge is 0.286 e. The van der Waals surface area contributed by atoms with Crippen molar-refractivity contribution in [1.82, 2.24) is 0 Å². The second-order valence-corrected chi connectivity index (χ2v) is 11.9. The Morgan fingerprint density at radius 1 is 0.679 bits per heavy atom. The van der Waals surface area contributed by atoms with Gasteiger partial charge in [-0.3, -0.25) is 4.55 Å². The first-order chi connectivity index (χ1) is 13.5. The fourth-order valence-electron chi connectivity index (χ4n) is 6.74. The first-order valence-electron chi connectivity index (χ1n) is 12.5. The summed E-state index contributed by atoms with van der Waals surface area (Å²) in [5.41, 5.74) is 0. The highest BCUT2D eigenvalue weighted by atomic mass is 32.2. The second kappa shape index (κ2) is 11.3. The van der Waals surface area contributed by atoms with Gasteiger partial charge in [0.05, 0.1) is 5.75 Å². The van der Waals surface area contributed by atoms with E-state index in [0.29, 0.717) is 11.8 Å². The van der Waals surface area contributed by atoms with Crippen LogP contribution in [-0.2, 0) is 10.1 Å². The molecule has 0 aromatic rings. The molecule has 0 aromatic carbocycles. The topological polar surface area (TPSA) is 54.4 Å². The van der Waals surface area contributed by atoms with Crippen molar-refractivity contribution in [3.8, 4) is 0 Å². The highest BCUT2D eigenvalue weighted by molar-refractivity contribution is 7.85. The van der Waals surface area contributed by atoms with Crippen molar-refractivity contribution in [2.24, 2.45) is 29.6 Å². The molecule has 3 nitrogen and oxygen atoms in total. The molecule has 0 bridgehead atoms. The third kappa shape index (κ3) is 7.63. The Morgan fingerprint density at radius 3 is 1.64 bits per heavy atom. The molecule has 164 valence electrons. The summed E-state index contributed by atoms with van der Waals surface area (Å²) in [7, 11) is -3.88. The Kier molecular flexibility index (Phi) is 9.15. The molecule has 3 saturated carbocycles. The van der Waals surface area contributed by atoms with Gasteiger partial charge < -0.3 is 0 Å². The summed E-state index contributed by atoms with van der Waals surface area (Å²) >= 11 is 0. The van der Waals surface area contributed by atoms with E-state index in [2.05, 4.69) is 0 Å². The highest BCUT2D eigenvalue weighted by Crippen LogP contribution is 2.42. The lowest BCUT2D eigenvalue weighted by Crippen LogP contribution is -2.30. The van der Waals surface area contributed by atoms with E-state index in [-0.39, 0.29) is 11.7 Å². The molecule has 0 saturated heterocycles. The lowest BCUT2D eigenvalue weighted by atomic mass is 9.69. The van der Waals surface area contributed by atoms with Gasteiger partial charge in [0, 0.05) is 0 Å². The van der Waals surface area contributed by atoms with Gasteiger partial charge in [-0.25, -0.2) is 0 Å². The van der Waals surface area contributed by atoms with Gasteiger partial charge in [-0.15, -0.1) is 0 Å². The van der Waals surface area contributed by atoms with E-state index in [4.69, 9.17) is 0 Å². The van der Waals surface area contributed by atoms with Crippen LogP contribution in [-0.4, -0.2) is 18.7 Å². The molecule has 2 unspecified atom stereocenters. The maximum atomic E-state index is 11.8. The fraction of sp³-hybridized carbons (Fsp3) is 1.00. The standard InChI is InChI=1S/C24H44O3S/c25-28(26,27)19-24(22-14-8-3-9-15-22)18-23(21-12-6-2-7-13-21)17-16-20-10-4-1-5-11-20/h20-24H,1-19H2,(H,25,26,27). The molecule has 0 heterocycles. The quantitative estimate of drug-likeness (QED) is 0.414. The number of rotatable bonds is 9. The Morgan fingerprint density at radius 2 is 1.14 bits per heavy atom. The van der Waals surface area contributed by atoms with Crippen molar-refractivity contribution in [2.75, 3.05) is 5.75 Å². The summed E-state index contributed by atoms with van der Waals surface area (Å²) in [5.74, 6) is 3.07. The van der Waals surface area contributed by atoms with Gasteiger partial charge in [0.25, 0.3) is 10.1 Å². The third-order valence-electron chi connectivity index (χ3n) is 8.33. The molecular weight excluding hydrogens is 368 g/mol. The van der Waals surface area contributed by atoms with Crippen LogP contribution in [0.2, 0.25) is 0 Å². The van der Waals surface area contributed by atoms with Crippen LogP contribution >= 0.6 is 0 Å². The van der Waals surface area contributed by atoms with Crippen LogP contribution in [0.5, 0.6) is 0 Å². The predicted molar refractivity (Wildman–Crippen MR) is 117 cm³/mol. The van der Waals surface area contributed by atoms with E-state index < -0.39 is 10.1 Å². The molecule has 0 amide bonds. The Bertz CT molecular complexity index is 526. The van der Waals surface area contributed by atoms with Crippen LogP contribution in [0.15, 0.2) is 0 Å². The van der Waals surface area contributed by atoms with Gasteiger partial charge in [0.1, 0.15) is 0 Å². The van der Waals surface area contributed by atoms with Crippen molar-refractivity contribution in [2.45, 2.75) is 116 Å². The van der Waals surface area contributed by atoms with Crippen molar-refractivity contribution in [1.29, 1.82) is 0 Å². The Balaban J connectivity index is 1.65. The second-order valence-electron chi connectivity index (χ2n) is 10.4. The van der Waals surface area contributed by atoms with Crippen LogP contribution in [0.3, 0.4) is 0 Å². The van der Waals surface area contributed by atoms with Crippen LogP contribution in [0.25, 0.3) is 0 Å². The zero-order valence-corrected chi connectivity index (χ0v) is 18.8. The van der Waals surface area contributed by atoms with Gasteiger partial charge in [-0.05, 0) is 42.4 Å². The van der Waals surface area contributed by atoms with Crippen molar-refractivity contribution >= 4 is 10.1 Å². The lowest BCUT2D eigenvalue weighted by molar-refractivity contribution is 0.151. The average molecular weight is 413 g/mol. The Hall–Kier alpha value is -0.0900. The maximum absolute atomic E-state index is 11.8. The molecule has 4 heteroatoms. The van der Waals surface area contributed by atoms with E-state index in [9.17, 15) is 13.0 Å². The summed E-state index contributed by atoms with van der Waals surface area (Å²) in [4.78, 5) is 0. The van der Waals surface area contributed by atoms with Gasteiger partial charge in [-0.1, -0.05) is 103 Å². The molecule has 3 rings (SSSR count). The molecule has 28 heavy (non-hydrogen) atoms. The first kappa shape index (κ1) is 22.6. The molecule has 0 spiro atoms. The van der Waals surface area contributed by atoms with Crippen molar-refractivity contribution in [3.63, 3.8) is 0 Å². The molecule has 2 atom stereocenters. The van der Waals surface area contributed by atoms with Gasteiger partial charge in [0.2, 0.25) is 0 Å². The lowest BCUT2D eigenvalue weighted by Gasteiger charge is -2.37. The monoisotopic (exact) mass is 412 g/mol. The minimum absolute atomic E-state index is 0.00428. The van der Waals surface area contributed by atoms with Crippen LogP contribution in [0, 0.1) is 29.6 Å². The fourth-order valence-corrected chi connectivity index (χ4v) is 7.69. The molecular formula is C24H44O3S. The van der Waals surface area contributed by atoms with E-state index in [1.807, 2.05) is 0 Å². The van der Waals surface area contributed by atoms with Gasteiger partial charge in [-0.2, -0.15) is 8.42 Å². The summed E-state index contributed by atoms with van der Waals surface area (Å²) in [6.07, 6.45) is 23.6. The average Bonchev–Trinajstić information content (AvgIpc) is 2.71. The SMILES string of the molecule is O=S(=O)(O)CC(CC(CCC1CCCCC1)C1CCCCC1)C1CCCCC1. The summed E-state index contributed by atoms with van der Waals surface area (Å²) in [6.45, 7) is 0. The predicted octanol–water partition coefficient (Wildman–Crippen LogP) is 7.02. The first-order valence-corrected chi connectivity index (χ1v) is 14.1. The normalized spacial score (nSPS) is 26.2. The minimum atomic E-state index is -3.88. The highest BCUT2D eigenvalue weighted by Gasteiger charge is 2.33. The molecule has 3 aliphatic rings. The van der Waals surface area contributed by atoms with Crippen LogP contribution in [0.1, 0.15) is 116 Å². The van der Waals surface area contributed by atoms with E-state index in [0.717, 1.165) is 18.3 Å². The Labute approximate surface area is 174 Å². The minimum Gasteiger partial charge on any atom is -0.286 e. The number of hydrogen-bond donors (Lipinski definition) is 1. The van der Waals surface area contributed by atoms with E-state index >= 15 is 0 Å². The molecule has 0 aromatic heterocycles.